The average Bonchev–Trinajstić information content (AvgIpc) is 2.46. The van der Waals surface area contributed by atoms with Crippen molar-refractivity contribution < 1.29 is 19.1 Å². The van der Waals surface area contributed by atoms with Gasteiger partial charge in [0.05, 0.1) is 26.7 Å². The SMILES string of the molecule is COC(=O)C[C@@H](NC(=O)C(C)C)c1ccc(OC)cc1. The minimum Gasteiger partial charge on any atom is -0.497 e. The minimum absolute atomic E-state index is 0.0985. The summed E-state index contributed by atoms with van der Waals surface area (Å²) in [5.74, 6) is 0.110. The molecule has 0 heterocycles. The van der Waals surface area contributed by atoms with Crippen molar-refractivity contribution in [1.29, 1.82) is 0 Å². The molecule has 0 aromatic heterocycles. The van der Waals surface area contributed by atoms with Crippen molar-refractivity contribution in [3.63, 3.8) is 0 Å². The van der Waals surface area contributed by atoms with Crippen molar-refractivity contribution in [2.45, 2.75) is 26.3 Å². The van der Waals surface area contributed by atoms with Crippen molar-refractivity contribution >= 4 is 11.9 Å². The molecule has 0 aliphatic rings. The van der Waals surface area contributed by atoms with Crippen LogP contribution in [0.25, 0.3) is 0 Å². The van der Waals surface area contributed by atoms with Crippen LogP contribution in [-0.2, 0) is 14.3 Å². The predicted molar refractivity (Wildman–Crippen MR) is 75.3 cm³/mol. The Balaban J connectivity index is 2.89. The summed E-state index contributed by atoms with van der Waals surface area (Å²) in [6.07, 6.45) is 0.0985. The number of methoxy groups -OCH3 is 2. The molecule has 0 saturated heterocycles. The number of benzene rings is 1. The van der Waals surface area contributed by atoms with E-state index in [9.17, 15) is 9.59 Å². The van der Waals surface area contributed by atoms with Gasteiger partial charge in [0.25, 0.3) is 0 Å². The Morgan fingerprint density at radius 1 is 1.15 bits per heavy atom. The van der Waals surface area contributed by atoms with Crippen molar-refractivity contribution in [1.82, 2.24) is 5.32 Å². The Bertz CT molecular complexity index is 453. The molecular formula is C15H21NO4. The minimum atomic E-state index is -0.400. The number of ether oxygens (including phenoxy) is 2. The summed E-state index contributed by atoms with van der Waals surface area (Å²) in [7, 11) is 2.92. The third kappa shape index (κ3) is 4.57. The zero-order valence-corrected chi connectivity index (χ0v) is 12.3. The highest BCUT2D eigenvalue weighted by molar-refractivity contribution is 5.79. The van der Waals surface area contributed by atoms with Crippen LogP contribution >= 0.6 is 0 Å². The van der Waals surface area contributed by atoms with E-state index >= 15 is 0 Å². The average molecular weight is 279 g/mol. The zero-order chi connectivity index (χ0) is 15.1. The van der Waals surface area contributed by atoms with Gasteiger partial charge in [0, 0.05) is 5.92 Å². The lowest BCUT2D eigenvalue weighted by atomic mass is 10.0. The van der Waals surface area contributed by atoms with Crippen molar-refractivity contribution in [3.05, 3.63) is 29.8 Å². The maximum absolute atomic E-state index is 11.8. The van der Waals surface area contributed by atoms with Crippen LogP contribution in [0.15, 0.2) is 24.3 Å². The maximum atomic E-state index is 11.8. The number of esters is 1. The molecule has 1 aromatic rings. The molecule has 5 nitrogen and oxygen atoms in total. The molecule has 0 fully saturated rings. The van der Waals surface area contributed by atoms with E-state index in [1.807, 2.05) is 12.1 Å². The van der Waals surface area contributed by atoms with Gasteiger partial charge in [0.15, 0.2) is 0 Å². The number of amides is 1. The van der Waals surface area contributed by atoms with E-state index in [1.54, 1.807) is 33.1 Å². The largest absolute Gasteiger partial charge is 0.497 e. The second-order valence-electron chi connectivity index (χ2n) is 4.77. The van der Waals surface area contributed by atoms with E-state index in [1.165, 1.54) is 7.11 Å². The summed E-state index contributed by atoms with van der Waals surface area (Å²) >= 11 is 0. The highest BCUT2D eigenvalue weighted by Gasteiger charge is 2.20. The molecule has 0 unspecified atom stereocenters. The third-order valence-corrected chi connectivity index (χ3v) is 2.96. The molecule has 1 amide bonds. The molecule has 5 heteroatoms. The maximum Gasteiger partial charge on any atom is 0.307 e. The van der Waals surface area contributed by atoms with Gasteiger partial charge in [0.2, 0.25) is 5.91 Å². The molecule has 1 aromatic carbocycles. The van der Waals surface area contributed by atoms with E-state index in [4.69, 9.17) is 4.74 Å². The van der Waals surface area contributed by atoms with Gasteiger partial charge in [-0.05, 0) is 17.7 Å². The highest BCUT2D eigenvalue weighted by atomic mass is 16.5. The number of nitrogens with one attached hydrogen (secondary N) is 1. The van der Waals surface area contributed by atoms with Gasteiger partial charge in [-0.2, -0.15) is 0 Å². The van der Waals surface area contributed by atoms with Gasteiger partial charge >= 0.3 is 5.97 Å². The Hall–Kier alpha value is -2.04. The predicted octanol–water partition coefficient (Wildman–Crippen LogP) is 2.07. The molecule has 20 heavy (non-hydrogen) atoms. The van der Waals surface area contributed by atoms with E-state index in [0.29, 0.717) is 0 Å². The second-order valence-corrected chi connectivity index (χ2v) is 4.77. The monoisotopic (exact) mass is 279 g/mol. The summed E-state index contributed by atoms with van der Waals surface area (Å²) in [5.41, 5.74) is 0.838. The van der Waals surface area contributed by atoms with Gasteiger partial charge in [-0.3, -0.25) is 9.59 Å². The normalized spacial score (nSPS) is 11.8. The molecule has 0 radical (unpaired) electrons. The Morgan fingerprint density at radius 3 is 2.20 bits per heavy atom. The Labute approximate surface area is 119 Å². The lowest BCUT2D eigenvalue weighted by Gasteiger charge is -2.19. The fourth-order valence-electron chi connectivity index (χ4n) is 1.68. The summed E-state index contributed by atoms with van der Waals surface area (Å²) < 4.78 is 9.77. The lowest BCUT2D eigenvalue weighted by molar-refractivity contribution is -0.141. The number of hydrogen-bond donors (Lipinski definition) is 1. The molecule has 1 atom stereocenters. The van der Waals surface area contributed by atoms with Crippen molar-refractivity contribution in [2.75, 3.05) is 14.2 Å². The molecule has 0 aliphatic carbocycles. The van der Waals surface area contributed by atoms with Gasteiger partial charge < -0.3 is 14.8 Å². The fourth-order valence-corrected chi connectivity index (χ4v) is 1.68. The van der Waals surface area contributed by atoms with Crippen LogP contribution < -0.4 is 10.1 Å². The Kier molecular flexibility index (Phi) is 6.03. The first-order valence-electron chi connectivity index (χ1n) is 6.49. The molecule has 0 bridgehead atoms. The van der Waals surface area contributed by atoms with Crippen LogP contribution in [0.4, 0.5) is 0 Å². The van der Waals surface area contributed by atoms with Crippen molar-refractivity contribution in [2.24, 2.45) is 5.92 Å². The van der Waals surface area contributed by atoms with Crippen LogP contribution in [0.3, 0.4) is 0 Å². The van der Waals surface area contributed by atoms with E-state index in [2.05, 4.69) is 10.1 Å². The summed E-state index contributed by atoms with van der Waals surface area (Å²) in [6.45, 7) is 3.61. The van der Waals surface area contributed by atoms with E-state index in [0.717, 1.165) is 11.3 Å². The van der Waals surface area contributed by atoms with Gasteiger partial charge in [-0.15, -0.1) is 0 Å². The summed E-state index contributed by atoms with van der Waals surface area (Å²) in [5, 5.41) is 2.85. The standard InChI is InChI=1S/C15H21NO4/c1-10(2)15(18)16-13(9-14(17)20-4)11-5-7-12(19-3)8-6-11/h5-8,10,13H,9H2,1-4H3,(H,16,18)/t13-/m1/s1. The molecule has 0 saturated carbocycles. The molecule has 110 valence electrons. The van der Waals surface area contributed by atoms with E-state index in [-0.39, 0.29) is 24.2 Å². The molecule has 0 aliphatic heterocycles. The molecule has 0 spiro atoms. The number of carbonyl (C=O) groups excluding carboxylic acids is 2. The van der Waals surface area contributed by atoms with Crippen LogP contribution in [-0.4, -0.2) is 26.1 Å². The molecule has 1 N–H and O–H groups in total. The van der Waals surface area contributed by atoms with Crippen LogP contribution in [0.2, 0.25) is 0 Å². The second kappa shape index (κ2) is 7.53. The first kappa shape index (κ1) is 16.0. The van der Waals surface area contributed by atoms with Crippen LogP contribution in [0, 0.1) is 5.92 Å². The van der Waals surface area contributed by atoms with E-state index < -0.39 is 6.04 Å². The number of carbonyl (C=O) groups is 2. The van der Waals surface area contributed by atoms with Gasteiger partial charge in [-0.1, -0.05) is 26.0 Å². The number of rotatable bonds is 6. The first-order valence-corrected chi connectivity index (χ1v) is 6.49. The fraction of sp³-hybridized carbons (Fsp3) is 0.467. The lowest BCUT2D eigenvalue weighted by Crippen LogP contribution is -2.33. The Morgan fingerprint density at radius 2 is 1.75 bits per heavy atom. The van der Waals surface area contributed by atoms with Crippen LogP contribution in [0.1, 0.15) is 31.9 Å². The topological polar surface area (TPSA) is 64.6 Å². The van der Waals surface area contributed by atoms with Gasteiger partial charge in [0.1, 0.15) is 5.75 Å². The molecular weight excluding hydrogens is 258 g/mol. The third-order valence-electron chi connectivity index (χ3n) is 2.96. The summed E-state index contributed by atoms with van der Waals surface area (Å²) in [4.78, 5) is 23.3. The quantitative estimate of drug-likeness (QED) is 0.810. The molecule has 1 rings (SSSR count). The zero-order valence-electron chi connectivity index (χ0n) is 12.3. The van der Waals surface area contributed by atoms with Crippen LogP contribution in [0.5, 0.6) is 5.75 Å². The first-order chi connectivity index (χ1) is 9.47. The number of hydrogen-bond acceptors (Lipinski definition) is 4. The smallest absolute Gasteiger partial charge is 0.307 e. The van der Waals surface area contributed by atoms with Crippen molar-refractivity contribution in [3.8, 4) is 5.75 Å². The highest BCUT2D eigenvalue weighted by Crippen LogP contribution is 2.21. The summed E-state index contributed by atoms with van der Waals surface area (Å²) in [6, 6.07) is 6.84. The van der Waals surface area contributed by atoms with Gasteiger partial charge in [-0.25, -0.2) is 0 Å².